The number of carbonyl (C=O) groups excluding carboxylic acids is 1. The van der Waals surface area contributed by atoms with Gasteiger partial charge >= 0.3 is 12.1 Å². The number of anilines is 2. The van der Waals surface area contributed by atoms with Gasteiger partial charge in [-0.25, -0.2) is 4.79 Å². The molecule has 170 valence electrons. The third kappa shape index (κ3) is 7.56. The molecule has 0 spiro atoms. The number of rotatable bonds is 7. The highest BCUT2D eigenvalue weighted by Crippen LogP contribution is 2.33. The second kappa shape index (κ2) is 10.1. The van der Waals surface area contributed by atoms with E-state index in [2.05, 4.69) is 17.5 Å². The average Bonchev–Trinajstić information content (AvgIpc) is 2.63. The van der Waals surface area contributed by atoms with Gasteiger partial charge in [-0.15, -0.1) is 0 Å². The lowest BCUT2D eigenvalue weighted by atomic mass is 10.1. The van der Waals surface area contributed by atoms with E-state index in [1.54, 1.807) is 32.9 Å². The fraction of sp³-hybridized carbons (Fsp3) is 0.667. The normalized spacial score (nSPS) is 15.9. The molecule has 0 amide bonds. The summed E-state index contributed by atoms with van der Waals surface area (Å²) in [5.74, 6) is -0.703. The van der Waals surface area contributed by atoms with Crippen LogP contribution in [0.25, 0.3) is 0 Å². The van der Waals surface area contributed by atoms with Gasteiger partial charge in [0.25, 0.3) is 0 Å². The Morgan fingerprint density at radius 3 is 2.40 bits per heavy atom. The first-order valence-electron chi connectivity index (χ1n) is 10.1. The molecule has 1 heterocycles. The zero-order valence-electron chi connectivity index (χ0n) is 17.6. The van der Waals surface area contributed by atoms with Crippen molar-refractivity contribution in [1.82, 2.24) is 0 Å². The first kappa shape index (κ1) is 24.6. The molecule has 0 unspecified atom stereocenters. The number of carbonyl (C=O) groups is 1. The maximum absolute atomic E-state index is 13.3. The number of ether oxygens (including phenoxy) is 1. The first-order valence-corrected chi connectivity index (χ1v) is 10.6. The lowest BCUT2D eigenvalue weighted by Crippen LogP contribution is -2.37. The molecule has 1 aromatic carbocycles. The lowest BCUT2D eigenvalue weighted by Gasteiger charge is -2.34. The molecule has 4 nitrogen and oxygen atoms in total. The van der Waals surface area contributed by atoms with Crippen molar-refractivity contribution in [1.29, 1.82) is 0 Å². The van der Waals surface area contributed by atoms with Crippen molar-refractivity contribution in [3.05, 3.63) is 23.8 Å². The maximum atomic E-state index is 13.3. The van der Waals surface area contributed by atoms with E-state index < -0.39 is 31.0 Å². The number of piperidine rings is 1. The molecular weight excluding hydrogens is 420 g/mol. The maximum Gasteiger partial charge on any atom is 0.405 e. The molecule has 0 aromatic heterocycles. The number of esters is 1. The first-order chi connectivity index (χ1) is 13.9. The van der Waals surface area contributed by atoms with Crippen LogP contribution in [0, 0.1) is 0 Å². The van der Waals surface area contributed by atoms with Gasteiger partial charge in [-0.3, -0.25) is 4.39 Å². The van der Waals surface area contributed by atoms with Gasteiger partial charge in [-0.05, 0) is 58.2 Å². The van der Waals surface area contributed by atoms with Gasteiger partial charge in [0, 0.05) is 30.6 Å². The Balaban J connectivity index is 2.45. The Morgan fingerprint density at radius 1 is 1.23 bits per heavy atom. The van der Waals surface area contributed by atoms with Crippen LogP contribution >= 0.6 is 12.6 Å². The number of thiol groups is 1. The van der Waals surface area contributed by atoms with Crippen LogP contribution in [0.3, 0.4) is 0 Å². The van der Waals surface area contributed by atoms with Crippen molar-refractivity contribution in [2.45, 2.75) is 57.1 Å². The smallest absolute Gasteiger partial charge is 0.405 e. The second-order valence-electron chi connectivity index (χ2n) is 8.50. The molecule has 0 bridgehead atoms. The van der Waals surface area contributed by atoms with Crippen molar-refractivity contribution in [3.63, 3.8) is 0 Å². The van der Waals surface area contributed by atoms with Gasteiger partial charge < -0.3 is 14.5 Å². The molecule has 1 fully saturated rings. The van der Waals surface area contributed by atoms with E-state index in [4.69, 9.17) is 4.74 Å². The quantitative estimate of drug-likeness (QED) is 0.349. The molecule has 30 heavy (non-hydrogen) atoms. The molecule has 9 heteroatoms. The molecular formula is C21H30F4N2O2S. The Morgan fingerprint density at radius 2 is 1.87 bits per heavy atom. The highest BCUT2D eigenvalue weighted by atomic mass is 32.1. The van der Waals surface area contributed by atoms with Crippen LogP contribution in [0.4, 0.5) is 28.9 Å². The summed E-state index contributed by atoms with van der Waals surface area (Å²) in [7, 11) is 0. The van der Waals surface area contributed by atoms with Crippen LogP contribution in [0.1, 0.15) is 50.4 Å². The summed E-state index contributed by atoms with van der Waals surface area (Å²) in [5.41, 5.74) is 0.0845. The van der Waals surface area contributed by atoms with E-state index in [0.717, 1.165) is 36.5 Å². The number of alkyl halides is 4. The number of nitrogens with zero attached hydrogens (tertiary/aromatic N) is 2. The third-order valence-electron chi connectivity index (χ3n) is 4.70. The highest BCUT2D eigenvalue weighted by Gasteiger charge is 2.33. The predicted octanol–water partition coefficient (Wildman–Crippen LogP) is 5.27. The summed E-state index contributed by atoms with van der Waals surface area (Å²) in [5, 5.41) is 0.299. The topological polar surface area (TPSA) is 32.8 Å². The number of hydrogen-bond donors (Lipinski definition) is 1. The Bertz CT molecular complexity index is 714. The molecule has 1 aliphatic heterocycles. The number of halogens is 4. The van der Waals surface area contributed by atoms with Gasteiger partial charge in [-0.2, -0.15) is 25.8 Å². The summed E-state index contributed by atoms with van der Waals surface area (Å²) in [4.78, 5) is 15.8. The number of hydrogen-bond acceptors (Lipinski definition) is 5. The molecule has 0 saturated carbocycles. The van der Waals surface area contributed by atoms with Gasteiger partial charge in [0.15, 0.2) is 0 Å². The molecule has 1 aliphatic rings. The summed E-state index contributed by atoms with van der Waals surface area (Å²) in [6.45, 7) is 4.35. The minimum absolute atomic E-state index is 0.0425. The summed E-state index contributed by atoms with van der Waals surface area (Å²) in [6, 6.07) is 4.81. The van der Waals surface area contributed by atoms with Gasteiger partial charge in [0.1, 0.15) is 12.1 Å². The fourth-order valence-electron chi connectivity index (χ4n) is 3.36. The Kier molecular flexibility index (Phi) is 8.30. The zero-order chi connectivity index (χ0) is 22.5. The molecule has 0 aliphatic carbocycles. The average molecular weight is 451 g/mol. The van der Waals surface area contributed by atoms with Crippen molar-refractivity contribution >= 4 is 30.0 Å². The van der Waals surface area contributed by atoms with Crippen molar-refractivity contribution in [2.24, 2.45) is 0 Å². The van der Waals surface area contributed by atoms with Crippen LogP contribution in [-0.4, -0.2) is 55.9 Å². The van der Waals surface area contributed by atoms with Gasteiger partial charge in [0.05, 0.1) is 17.9 Å². The van der Waals surface area contributed by atoms with E-state index in [0.29, 0.717) is 5.25 Å². The zero-order valence-corrected chi connectivity index (χ0v) is 18.5. The highest BCUT2D eigenvalue weighted by molar-refractivity contribution is 7.80. The van der Waals surface area contributed by atoms with E-state index in [9.17, 15) is 22.4 Å². The Labute approximate surface area is 181 Å². The van der Waals surface area contributed by atoms with Crippen molar-refractivity contribution < 1.29 is 27.1 Å². The SMILES string of the molecule is CC(C)(C)OC(=O)c1ccc(N2CCC(S)CC2)cc1N(CCCF)CC(F)(F)F. The fourth-order valence-corrected chi connectivity index (χ4v) is 3.59. The standard InChI is InChI=1S/C21H30F4N2O2S/c1-20(2,3)29-19(28)17-6-5-15(26-11-7-16(30)8-12-26)13-18(17)27(10-4-9-22)14-21(23,24)25/h5-6,13,16,30H,4,7-12,14H2,1-3H3. The number of benzene rings is 1. The molecule has 1 saturated heterocycles. The monoisotopic (exact) mass is 450 g/mol. The Hall–Kier alpha value is -1.64. The van der Waals surface area contributed by atoms with E-state index in [1.165, 1.54) is 6.07 Å². The van der Waals surface area contributed by atoms with E-state index in [1.807, 2.05) is 0 Å². The third-order valence-corrected chi connectivity index (χ3v) is 5.22. The summed E-state index contributed by atoms with van der Waals surface area (Å²) >= 11 is 4.48. The minimum Gasteiger partial charge on any atom is -0.456 e. The van der Waals surface area contributed by atoms with Gasteiger partial charge in [0.2, 0.25) is 0 Å². The largest absolute Gasteiger partial charge is 0.456 e. The van der Waals surface area contributed by atoms with Crippen molar-refractivity contribution in [2.75, 3.05) is 42.7 Å². The minimum atomic E-state index is -4.50. The molecule has 0 radical (unpaired) electrons. The predicted molar refractivity (Wildman–Crippen MR) is 115 cm³/mol. The van der Waals surface area contributed by atoms with Crippen LogP contribution in [0.5, 0.6) is 0 Å². The molecule has 0 atom stereocenters. The molecule has 2 rings (SSSR count). The van der Waals surface area contributed by atoms with Crippen LogP contribution in [-0.2, 0) is 4.74 Å². The lowest BCUT2D eigenvalue weighted by molar-refractivity contribution is -0.119. The van der Waals surface area contributed by atoms with Crippen LogP contribution in [0.15, 0.2) is 18.2 Å². The summed E-state index contributed by atoms with van der Waals surface area (Å²) < 4.78 is 57.9. The van der Waals surface area contributed by atoms with Crippen molar-refractivity contribution in [3.8, 4) is 0 Å². The van der Waals surface area contributed by atoms with Gasteiger partial charge in [-0.1, -0.05) is 0 Å². The van der Waals surface area contributed by atoms with Crippen LogP contribution in [0.2, 0.25) is 0 Å². The molecule has 1 aromatic rings. The van der Waals surface area contributed by atoms with E-state index in [-0.39, 0.29) is 24.2 Å². The summed E-state index contributed by atoms with van der Waals surface area (Å²) in [6.07, 6.45) is -2.85. The second-order valence-corrected chi connectivity index (χ2v) is 9.23. The molecule has 0 N–H and O–H groups in total. The van der Waals surface area contributed by atoms with Crippen LogP contribution < -0.4 is 9.80 Å². The van der Waals surface area contributed by atoms with E-state index >= 15 is 0 Å².